The molecule has 0 aliphatic carbocycles. The molecule has 0 aliphatic heterocycles. The van der Waals surface area contributed by atoms with Gasteiger partial charge in [-0.25, -0.2) is 15.0 Å². The zero-order valence-corrected chi connectivity index (χ0v) is 17.4. The molecular formula is C23H18N8O. The first-order valence-corrected chi connectivity index (χ1v) is 10.0. The van der Waals surface area contributed by atoms with Gasteiger partial charge in [-0.15, -0.1) is 0 Å². The van der Waals surface area contributed by atoms with Crippen LogP contribution in [0.4, 0.5) is 5.69 Å². The molecular weight excluding hydrogens is 404 g/mol. The third-order valence-corrected chi connectivity index (χ3v) is 5.38. The van der Waals surface area contributed by atoms with Gasteiger partial charge in [0.2, 0.25) is 0 Å². The molecule has 0 aromatic carbocycles. The first-order chi connectivity index (χ1) is 15.7. The number of furan rings is 1. The molecule has 9 nitrogen and oxygen atoms in total. The highest BCUT2D eigenvalue weighted by Gasteiger charge is 2.17. The number of rotatable bonds is 4. The molecule has 0 saturated heterocycles. The summed E-state index contributed by atoms with van der Waals surface area (Å²) in [6.07, 6.45) is 8.71. The molecule has 6 aromatic rings. The lowest BCUT2D eigenvalue weighted by molar-refractivity contribution is 0.568. The molecule has 2 N–H and O–H groups in total. The molecule has 9 heteroatoms. The molecule has 0 spiro atoms. The molecule has 6 heterocycles. The minimum atomic E-state index is 0.597. The Hall–Kier alpha value is -4.53. The first-order valence-electron chi connectivity index (χ1n) is 10.0. The van der Waals surface area contributed by atoms with Crippen LogP contribution in [0.25, 0.3) is 56.1 Å². The van der Waals surface area contributed by atoms with Gasteiger partial charge >= 0.3 is 0 Å². The predicted octanol–water partition coefficient (Wildman–Crippen LogP) is 4.28. The van der Waals surface area contributed by atoms with E-state index in [9.17, 15) is 0 Å². The van der Waals surface area contributed by atoms with Crippen LogP contribution in [0.3, 0.4) is 0 Å². The van der Waals surface area contributed by atoms with Crippen molar-refractivity contribution in [3.8, 4) is 33.9 Å². The lowest BCUT2D eigenvalue weighted by Gasteiger charge is -2.12. The van der Waals surface area contributed by atoms with Crippen molar-refractivity contribution in [3.05, 3.63) is 61.4 Å². The normalized spacial score (nSPS) is 11.4. The number of hydrogen-bond acceptors (Lipinski definition) is 7. The van der Waals surface area contributed by atoms with Gasteiger partial charge in [-0.3, -0.25) is 10.1 Å². The van der Waals surface area contributed by atoms with Crippen LogP contribution in [0.15, 0.2) is 65.9 Å². The van der Waals surface area contributed by atoms with Crippen molar-refractivity contribution in [2.75, 3.05) is 19.0 Å². The molecule has 0 saturated carbocycles. The van der Waals surface area contributed by atoms with E-state index in [2.05, 4.69) is 31.2 Å². The number of pyridine rings is 3. The third kappa shape index (κ3) is 2.90. The van der Waals surface area contributed by atoms with Crippen molar-refractivity contribution >= 4 is 27.9 Å². The Kier molecular flexibility index (Phi) is 4.00. The summed E-state index contributed by atoms with van der Waals surface area (Å²) in [4.78, 5) is 23.8. The van der Waals surface area contributed by atoms with E-state index in [1.807, 2.05) is 55.7 Å². The number of nitrogens with one attached hydrogen (secondary N) is 2. The van der Waals surface area contributed by atoms with E-state index < -0.39 is 0 Å². The highest BCUT2D eigenvalue weighted by Crippen LogP contribution is 2.31. The zero-order chi connectivity index (χ0) is 21.7. The van der Waals surface area contributed by atoms with Gasteiger partial charge in [-0.05, 0) is 30.3 Å². The average Bonchev–Trinajstić information content (AvgIpc) is 3.57. The zero-order valence-electron chi connectivity index (χ0n) is 17.4. The number of imidazole rings is 1. The fraction of sp³-hybridized carbons (Fsp3) is 0.0870. The van der Waals surface area contributed by atoms with E-state index >= 15 is 0 Å². The molecule has 0 fully saturated rings. The van der Waals surface area contributed by atoms with Gasteiger partial charge in [0.25, 0.3) is 0 Å². The summed E-state index contributed by atoms with van der Waals surface area (Å²) in [6, 6.07) is 9.80. The molecule has 0 radical (unpaired) electrons. The van der Waals surface area contributed by atoms with Crippen molar-refractivity contribution in [1.82, 2.24) is 35.1 Å². The lowest BCUT2D eigenvalue weighted by atomic mass is 10.1. The van der Waals surface area contributed by atoms with E-state index in [1.165, 1.54) is 0 Å². The number of nitrogens with zero attached hydrogens (tertiary/aromatic N) is 6. The van der Waals surface area contributed by atoms with Crippen molar-refractivity contribution in [1.29, 1.82) is 0 Å². The number of hydrogen-bond donors (Lipinski definition) is 2. The van der Waals surface area contributed by atoms with Gasteiger partial charge in [0, 0.05) is 43.2 Å². The van der Waals surface area contributed by atoms with Crippen LogP contribution in [0.1, 0.15) is 0 Å². The molecule has 6 aromatic heterocycles. The van der Waals surface area contributed by atoms with E-state index in [0.29, 0.717) is 17.2 Å². The van der Waals surface area contributed by atoms with Crippen LogP contribution in [-0.2, 0) is 0 Å². The quantitative estimate of drug-likeness (QED) is 0.436. The summed E-state index contributed by atoms with van der Waals surface area (Å²) in [7, 11) is 3.97. The van der Waals surface area contributed by atoms with Crippen LogP contribution in [0, 0.1) is 0 Å². The number of aromatic amines is 2. The van der Waals surface area contributed by atoms with Gasteiger partial charge in [0.05, 0.1) is 35.6 Å². The van der Waals surface area contributed by atoms with E-state index in [0.717, 1.165) is 44.6 Å². The van der Waals surface area contributed by atoms with Gasteiger partial charge in [-0.1, -0.05) is 0 Å². The molecule has 0 amide bonds. The molecule has 0 unspecified atom stereocenters. The highest BCUT2D eigenvalue weighted by atomic mass is 16.3. The highest BCUT2D eigenvalue weighted by molar-refractivity contribution is 5.94. The van der Waals surface area contributed by atoms with Crippen LogP contribution >= 0.6 is 0 Å². The van der Waals surface area contributed by atoms with Crippen molar-refractivity contribution in [2.45, 2.75) is 0 Å². The second-order valence-corrected chi connectivity index (χ2v) is 7.64. The monoisotopic (exact) mass is 422 g/mol. The van der Waals surface area contributed by atoms with Gasteiger partial charge in [-0.2, -0.15) is 5.10 Å². The third-order valence-electron chi connectivity index (χ3n) is 5.38. The minimum Gasteiger partial charge on any atom is -0.472 e. The van der Waals surface area contributed by atoms with E-state index in [1.54, 1.807) is 18.7 Å². The number of anilines is 1. The Labute approximate surface area is 182 Å². The van der Waals surface area contributed by atoms with Crippen LogP contribution < -0.4 is 4.90 Å². The van der Waals surface area contributed by atoms with Crippen LogP contribution in [-0.4, -0.2) is 49.2 Å². The Bertz CT molecular complexity index is 1560. The second kappa shape index (κ2) is 7.02. The first kappa shape index (κ1) is 18.3. The fourth-order valence-corrected chi connectivity index (χ4v) is 3.71. The summed E-state index contributed by atoms with van der Waals surface area (Å²) in [5.74, 6) is 0.597. The maximum Gasteiger partial charge on any atom is 0.162 e. The van der Waals surface area contributed by atoms with Crippen molar-refractivity contribution in [3.63, 3.8) is 0 Å². The van der Waals surface area contributed by atoms with Crippen molar-refractivity contribution < 1.29 is 4.42 Å². The standard InChI is InChI=1S/C23H18N8O/c1-31(2)15-9-14(10-24-11-15)17-3-4-18-20(26-17)21(30-29-18)23-27-19-16(13-6-8-32-12-13)5-7-25-22(19)28-23/h3-12H,1-2H3,(H,29,30)(H,25,27,28). The summed E-state index contributed by atoms with van der Waals surface area (Å²) >= 11 is 0. The maximum absolute atomic E-state index is 5.24. The number of aromatic nitrogens is 7. The second-order valence-electron chi connectivity index (χ2n) is 7.64. The smallest absolute Gasteiger partial charge is 0.162 e. The predicted molar refractivity (Wildman–Crippen MR) is 122 cm³/mol. The summed E-state index contributed by atoms with van der Waals surface area (Å²) < 4.78 is 5.24. The summed E-state index contributed by atoms with van der Waals surface area (Å²) in [5.41, 5.74) is 8.23. The minimum absolute atomic E-state index is 0.597. The molecule has 0 atom stereocenters. The topological polar surface area (TPSA) is 112 Å². The number of fused-ring (bicyclic) bond motifs is 2. The fourth-order valence-electron chi connectivity index (χ4n) is 3.71. The average molecular weight is 422 g/mol. The Balaban J connectivity index is 1.49. The SMILES string of the molecule is CN(C)c1cncc(-c2ccc3[nH]nc(-c4nc5c(-c6ccoc6)ccnc5[nH]4)c3n2)c1. The maximum atomic E-state index is 5.24. The van der Waals surface area contributed by atoms with Crippen LogP contribution in [0.2, 0.25) is 0 Å². The molecule has 0 aliphatic rings. The Morgan fingerprint density at radius 3 is 2.75 bits per heavy atom. The molecule has 6 rings (SSSR count). The van der Waals surface area contributed by atoms with E-state index in [-0.39, 0.29) is 0 Å². The van der Waals surface area contributed by atoms with Crippen molar-refractivity contribution in [2.24, 2.45) is 0 Å². The molecule has 0 bridgehead atoms. The molecule has 32 heavy (non-hydrogen) atoms. The van der Waals surface area contributed by atoms with Gasteiger partial charge in [0.15, 0.2) is 17.2 Å². The Morgan fingerprint density at radius 2 is 1.91 bits per heavy atom. The Morgan fingerprint density at radius 1 is 0.969 bits per heavy atom. The lowest BCUT2D eigenvalue weighted by Crippen LogP contribution is -2.08. The van der Waals surface area contributed by atoms with Crippen LogP contribution in [0.5, 0.6) is 0 Å². The summed E-state index contributed by atoms with van der Waals surface area (Å²) in [5, 5.41) is 7.53. The van der Waals surface area contributed by atoms with Gasteiger partial charge in [0.1, 0.15) is 11.0 Å². The van der Waals surface area contributed by atoms with E-state index in [4.69, 9.17) is 14.4 Å². The number of H-pyrrole nitrogens is 2. The van der Waals surface area contributed by atoms with Gasteiger partial charge < -0.3 is 14.3 Å². The molecule has 156 valence electrons. The summed E-state index contributed by atoms with van der Waals surface area (Å²) in [6.45, 7) is 0. The largest absolute Gasteiger partial charge is 0.472 e.